The van der Waals surface area contributed by atoms with Crippen molar-refractivity contribution >= 4 is 34.3 Å². The van der Waals surface area contributed by atoms with Gasteiger partial charge in [0.15, 0.2) is 5.16 Å². The molecule has 4 rings (SSSR count). The zero-order chi connectivity index (χ0) is 24.8. The minimum atomic E-state index is -0.0499. The highest BCUT2D eigenvalue weighted by Crippen LogP contribution is 2.22. The molecule has 2 heterocycles. The van der Waals surface area contributed by atoms with E-state index in [4.69, 9.17) is 0 Å². The summed E-state index contributed by atoms with van der Waals surface area (Å²) in [5, 5.41) is 12.9. The first-order valence-electron chi connectivity index (χ1n) is 12.3. The molecule has 35 heavy (non-hydrogen) atoms. The molecule has 0 saturated carbocycles. The SMILES string of the molecule is CCCCCn1c(=O)c2ccccc2n2c(SCC(=O)NCCc3ccc(C(C)C)cc3)nnc12. The molecule has 7 nitrogen and oxygen atoms in total. The molecule has 1 N–H and O–H groups in total. The summed E-state index contributed by atoms with van der Waals surface area (Å²) >= 11 is 1.34. The molecule has 2 aromatic heterocycles. The number of para-hydroxylation sites is 1. The summed E-state index contributed by atoms with van der Waals surface area (Å²) in [6, 6.07) is 16.1. The Bertz CT molecular complexity index is 1360. The molecule has 2 aromatic carbocycles. The normalized spacial score (nSPS) is 11.5. The van der Waals surface area contributed by atoms with Gasteiger partial charge in [0.25, 0.3) is 5.56 Å². The van der Waals surface area contributed by atoms with E-state index in [1.807, 2.05) is 28.7 Å². The van der Waals surface area contributed by atoms with Crippen LogP contribution in [-0.2, 0) is 17.8 Å². The summed E-state index contributed by atoms with van der Waals surface area (Å²) in [5.74, 6) is 1.22. The Morgan fingerprint density at radius 2 is 1.83 bits per heavy atom. The van der Waals surface area contributed by atoms with Gasteiger partial charge >= 0.3 is 0 Å². The molecule has 0 aliphatic rings. The minimum absolute atomic E-state index is 0.0488. The predicted octanol–water partition coefficient (Wildman–Crippen LogP) is 4.81. The average Bonchev–Trinajstić information content (AvgIpc) is 3.29. The number of aryl methyl sites for hydroxylation is 1. The van der Waals surface area contributed by atoms with Gasteiger partial charge in [-0.3, -0.25) is 18.6 Å². The van der Waals surface area contributed by atoms with Crippen LogP contribution in [0.1, 0.15) is 57.1 Å². The quantitative estimate of drug-likeness (QED) is 0.241. The van der Waals surface area contributed by atoms with E-state index in [0.717, 1.165) is 31.2 Å². The highest BCUT2D eigenvalue weighted by molar-refractivity contribution is 7.99. The number of aromatic nitrogens is 4. The zero-order valence-electron chi connectivity index (χ0n) is 20.7. The van der Waals surface area contributed by atoms with Crippen LogP contribution in [0.15, 0.2) is 58.5 Å². The third-order valence-corrected chi connectivity index (χ3v) is 7.11. The van der Waals surface area contributed by atoms with Gasteiger partial charge in [0.2, 0.25) is 11.7 Å². The molecule has 0 aliphatic heterocycles. The van der Waals surface area contributed by atoms with Crippen molar-refractivity contribution in [3.63, 3.8) is 0 Å². The lowest BCUT2D eigenvalue weighted by atomic mass is 10.0. The number of hydrogen-bond acceptors (Lipinski definition) is 5. The number of nitrogens with one attached hydrogen (secondary N) is 1. The summed E-state index contributed by atoms with van der Waals surface area (Å²) in [5.41, 5.74) is 3.24. The molecule has 1 amide bonds. The van der Waals surface area contributed by atoms with Crippen molar-refractivity contribution in [3.05, 3.63) is 70.0 Å². The molecular formula is C27H33N5O2S. The first-order valence-corrected chi connectivity index (χ1v) is 13.3. The smallest absolute Gasteiger partial charge is 0.262 e. The number of carbonyl (C=O) groups is 1. The van der Waals surface area contributed by atoms with E-state index in [9.17, 15) is 9.59 Å². The minimum Gasteiger partial charge on any atom is -0.355 e. The summed E-state index contributed by atoms with van der Waals surface area (Å²) in [7, 11) is 0. The van der Waals surface area contributed by atoms with Gasteiger partial charge < -0.3 is 5.32 Å². The van der Waals surface area contributed by atoms with Gasteiger partial charge in [0, 0.05) is 13.1 Å². The lowest BCUT2D eigenvalue weighted by Crippen LogP contribution is -2.27. The Morgan fingerprint density at radius 1 is 1.06 bits per heavy atom. The van der Waals surface area contributed by atoms with Crippen LogP contribution in [0, 0.1) is 0 Å². The van der Waals surface area contributed by atoms with E-state index in [2.05, 4.69) is 60.6 Å². The van der Waals surface area contributed by atoms with Gasteiger partial charge in [-0.25, -0.2) is 0 Å². The molecule has 184 valence electrons. The van der Waals surface area contributed by atoms with Crippen LogP contribution >= 0.6 is 11.8 Å². The van der Waals surface area contributed by atoms with Gasteiger partial charge in [0.05, 0.1) is 16.7 Å². The molecule has 0 saturated heterocycles. The molecule has 0 aliphatic carbocycles. The predicted molar refractivity (Wildman–Crippen MR) is 142 cm³/mol. The average molecular weight is 492 g/mol. The highest BCUT2D eigenvalue weighted by Gasteiger charge is 2.17. The fourth-order valence-corrected chi connectivity index (χ4v) is 4.92. The van der Waals surface area contributed by atoms with E-state index < -0.39 is 0 Å². The van der Waals surface area contributed by atoms with Gasteiger partial charge in [-0.05, 0) is 42.0 Å². The third kappa shape index (κ3) is 5.75. The van der Waals surface area contributed by atoms with E-state index in [1.54, 1.807) is 4.57 Å². The number of unbranched alkanes of at least 4 members (excludes halogenated alkanes) is 2. The number of carbonyl (C=O) groups excluding carboxylic acids is 1. The maximum absolute atomic E-state index is 13.1. The van der Waals surface area contributed by atoms with Gasteiger partial charge in [-0.2, -0.15) is 0 Å². The number of amides is 1. The molecule has 0 radical (unpaired) electrons. The second-order valence-electron chi connectivity index (χ2n) is 9.08. The topological polar surface area (TPSA) is 81.3 Å². The molecule has 0 spiro atoms. The molecule has 8 heteroatoms. The molecule has 0 unspecified atom stereocenters. The molecule has 4 aromatic rings. The van der Waals surface area contributed by atoms with Crippen molar-refractivity contribution in [2.45, 2.75) is 64.1 Å². The second-order valence-corrected chi connectivity index (χ2v) is 10.0. The fourth-order valence-electron chi connectivity index (χ4n) is 4.15. The van der Waals surface area contributed by atoms with Gasteiger partial charge in [0.1, 0.15) is 0 Å². The second kappa shape index (κ2) is 11.5. The van der Waals surface area contributed by atoms with Crippen molar-refractivity contribution < 1.29 is 4.79 Å². The Labute approximate surface area is 210 Å². The third-order valence-electron chi connectivity index (χ3n) is 6.18. The van der Waals surface area contributed by atoms with Gasteiger partial charge in [-0.15, -0.1) is 10.2 Å². The standard InChI is InChI=1S/C27H33N5O2S/c1-4-5-8-17-31-25(34)22-9-6-7-10-23(22)32-26(31)29-30-27(32)35-18-24(33)28-16-15-20-11-13-21(14-12-20)19(2)3/h6-7,9-14,19H,4-5,8,15-18H2,1-3H3,(H,28,33). The van der Waals surface area contributed by atoms with Gasteiger partial charge in [-0.1, -0.05) is 81.8 Å². The summed E-state index contributed by atoms with van der Waals surface area (Å²) in [6.07, 6.45) is 3.81. The van der Waals surface area contributed by atoms with Crippen LogP contribution in [0.5, 0.6) is 0 Å². The molecule has 0 fully saturated rings. The van der Waals surface area contributed by atoms with Crippen molar-refractivity contribution in [2.75, 3.05) is 12.3 Å². The maximum Gasteiger partial charge on any atom is 0.262 e. The number of hydrogen-bond donors (Lipinski definition) is 1. The largest absolute Gasteiger partial charge is 0.355 e. The van der Waals surface area contributed by atoms with Crippen molar-refractivity contribution in [1.82, 2.24) is 24.5 Å². The van der Waals surface area contributed by atoms with E-state index >= 15 is 0 Å². The highest BCUT2D eigenvalue weighted by atomic mass is 32.2. The first-order chi connectivity index (χ1) is 17.0. The molecular weight excluding hydrogens is 458 g/mol. The molecule has 0 bridgehead atoms. The van der Waals surface area contributed by atoms with Crippen LogP contribution in [0.3, 0.4) is 0 Å². The van der Waals surface area contributed by atoms with Crippen molar-refractivity contribution in [2.24, 2.45) is 0 Å². The maximum atomic E-state index is 13.1. The molecule has 0 atom stereocenters. The van der Waals surface area contributed by atoms with Crippen molar-refractivity contribution in [1.29, 1.82) is 0 Å². The Hall–Kier alpha value is -3.13. The van der Waals surface area contributed by atoms with Crippen LogP contribution < -0.4 is 10.9 Å². The first kappa shape index (κ1) is 25.0. The summed E-state index contributed by atoms with van der Waals surface area (Å²) in [6.45, 7) is 7.68. The van der Waals surface area contributed by atoms with Crippen molar-refractivity contribution in [3.8, 4) is 0 Å². The number of thioether (sulfide) groups is 1. The summed E-state index contributed by atoms with van der Waals surface area (Å²) < 4.78 is 3.61. The number of rotatable bonds is 11. The monoisotopic (exact) mass is 491 g/mol. The van der Waals surface area contributed by atoms with Crippen LogP contribution in [0.25, 0.3) is 16.7 Å². The Morgan fingerprint density at radius 3 is 2.57 bits per heavy atom. The van der Waals surface area contributed by atoms with Crippen LogP contribution in [0.2, 0.25) is 0 Å². The number of benzene rings is 2. The van der Waals surface area contributed by atoms with E-state index in [1.165, 1.54) is 22.9 Å². The number of nitrogens with zero attached hydrogens (tertiary/aromatic N) is 4. The fraction of sp³-hybridized carbons (Fsp3) is 0.407. The lowest BCUT2D eigenvalue weighted by Gasteiger charge is -2.11. The van der Waals surface area contributed by atoms with Crippen LogP contribution in [-0.4, -0.2) is 37.4 Å². The zero-order valence-corrected chi connectivity index (χ0v) is 21.5. The Kier molecular flexibility index (Phi) is 8.23. The number of fused-ring (bicyclic) bond motifs is 3. The van der Waals surface area contributed by atoms with E-state index in [0.29, 0.717) is 35.3 Å². The summed E-state index contributed by atoms with van der Waals surface area (Å²) in [4.78, 5) is 25.6. The van der Waals surface area contributed by atoms with E-state index in [-0.39, 0.29) is 17.2 Å². The Balaban J connectivity index is 1.44. The lowest BCUT2D eigenvalue weighted by molar-refractivity contribution is -0.118. The van der Waals surface area contributed by atoms with Crippen LogP contribution in [0.4, 0.5) is 0 Å².